The summed E-state index contributed by atoms with van der Waals surface area (Å²) in [5.41, 5.74) is 6.50. The Labute approximate surface area is 169 Å². The predicted molar refractivity (Wildman–Crippen MR) is 103 cm³/mol. The van der Waals surface area contributed by atoms with Crippen molar-refractivity contribution in [2.45, 2.75) is 12.5 Å². The molecule has 0 spiro atoms. The molecular weight excluding hydrogens is 430 g/mol. The average Bonchev–Trinajstić information content (AvgIpc) is 3.12. The van der Waals surface area contributed by atoms with Crippen molar-refractivity contribution in [3.05, 3.63) is 40.0 Å². The van der Waals surface area contributed by atoms with Gasteiger partial charge in [-0.25, -0.2) is 4.79 Å². The second-order valence-electron chi connectivity index (χ2n) is 6.21. The zero-order valence-corrected chi connectivity index (χ0v) is 16.6. The van der Waals surface area contributed by atoms with Crippen LogP contribution in [0.1, 0.15) is 33.2 Å². The Morgan fingerprint density at radius 1 is 1.46 bits per heavy atom. The molecule has 0 bridgehead atoms. The van der Waals surface area contributed by atoms with Crippen LogP contribution >= 0.6 is 15.9 Å². The van der Waals surface area contributed by atoms with Crippen molar-refractivity contribution in [3.63, 3.8) is 0 Å². The zero-order valence-electron chi connectivity index (χ0n) is 15.0. The van der Waals surface area contributed by atoms with Crippen LogP contribution in [0.3, 0.4) is 0 Å². The van der Waals surface area contributed by atoms with E-state index in [0.717, 1.165) is 0 Å². The summed E-state index contributed by atoms with van der Waals surface area (Å²) >= 11 is 3.30. The number of rotatable bonds is 5. The summed E-state index contributed by atoms with van der Waals surface area (Å²) < 4.78 is 12.3. The monoisotopic (exact) mass is 447 g/mol. The van der Waals surface area contributed by atoms with Gasteiger partial charge in [-0.3, -0.25) is 9.48 Å². The Balaban J connectivity index is 1.94. The molecule has 3 N–H and O–H groups in total. The van der Waals surface area contributed by atoms with Gasteiger partial charge >= 0.3 is 5.97 Å². The predicted octanol–water partition coefficient (Wildman–Crippen LogP) is 2.38. The number of hydrogen-bond acceptors (Lipinski definition) is 7. The number of methoxy groups -OCH3 is 1. The molecule has 10 heteroatoms. The maximum atomic E-state index is 11.9. The first-order chi connectivity index (χ1) is 13.4. The fourth-order valence-corrected chi connectivity index (χ4v) is 3.38. The Kier molecular flexibility index (Phi) is 5.96. The molecule has 2 heterocycles. The van der Waals surface area contributed by atoms with Crippen molar-refractivity contribution in [1.29, 1.82) is 5.26 Å². The van der Waals surface area contributed by atoms with E-state index >= 15 is 0 Å². The summed E-state index contributed by atoms with van der Waals surface area (Å²) in [4.78, 5) is 23.8. The molecule has 1 saturated heterocycles. The quantitative estimate of drug-likeness (QED) is 0.671. The summed E-state index contributed by atoms with van der Waals surface area (Å²) in [5.74, 6) is -1.22. The van der Waals surface area contributed by atoms with Gasteiger partial charge in [-0.2, -0.15) is 10.4 Å². The molecule has 2 atom stereocenters. The van der Waals surface area contributed by atoms with Crippen molar-refractivity contribution < 1.29 is 19.1 Å². The van der Waals surface area contributed by atoms with Crippen LogP contribution in [0.15, 0.2) is 28.9 Å². The Morgan fingerprint density at radius 3 is 2.93 bits per heavy atom. The van der Waals surface area contributed by atoms with Gasteiger partial charge < -0.3 is 20.5 Å². The number of carbonyl (C=O) groups excluding carboxylic acids is 2. The van der Waals surface area contributed by atoms with Crippen LogP contribution in [0.5, 0.6) is 0 Å². The number of anilines is 2. The lowest BCUT2D eigenvalue weighted by Gasteiger charge is -2.26. The lowest BCUT2D eigenvalue weighted by Crippen LogP contribution is -2.29. The number of nitrogens with one attached hydrogen (secondary N) is 1. The normalized spacial score (nSPS) is 18.9. The van der Waals surface area contributed by atoms with E-state index in [1.807, 2.05) is 0 Å². The SMILES string of the molecule is COC(=O)c1cc(Nc2nn([C@@H]3COCC[C@H]3C#N)cc2C(N)=O)ccc1Br. The van der Waals surface area contributed by atoms with E-state index in [9.17, 15) is 14.9 Å². The molecule has 1 aliphatic rings. The lowest BCUT2D eigenvalue weighted by molar-refractivity contribution is 0.0342. The van der Waals surface area contributed by atoms with Gasteiger partial charge in [-0.1, -0.05) is 0 Å². The Hall–Kier alpha value is -2.90. The summed E-state index contributed by atoms with van der Waals surface area (Å²) in [6.45, 7) is 0.835. The van der Waals surface area contributed by atoms with Crippen molar-refractivity contribution in [2.75, 3.05) is 25.6 Å². The Bertz CT molecular complexity index is 952. The van der Waals surface area contributed by atoms with Crippen LogP contribution in [0.2, 0.25) is 0 Å². The van der Waals surface area contributed by atoms with E-state index in [4.69, 9.17) is 15.2 Å². The second kappa shape index (κ2) is 8.41. The van der Waals surface area contributed by atoms with Crippen LogP contribution in [-0.4, -0.2) is 42.0 Å². The number of nitrogens with two attached hydrogens (primary N) is 1. The summed E-state index contributed by atoms with van der Waals surface area (Å²) in [5, 5.41) is 16.8. The van der Waals surface area contributed by atoms with Gasteiger partial charge in [0.1, 0.15) is 5.56 Å². The molecule has 0 unspecified atom stereocenters. The van der Waals surface area contributed by atoms with Crippen molar-refractivity contribution in [2.24, 2.45) is 11.7 Å². The minimum Gasteiger partial charge on any atom is -0.465 e. The third kappa shape index (κ3) is 4.00. The molecule has 3 rings (SSSR count). The number of nitriles is 1. The lowest BCUT2D eigenvalue weighted by atomic mass is 9.97. The first-order valence-electron chi connectivity index (χ1n) is 8.45. The molecule has 28 heavy (non-hydrogen) atoms. The van der Waals surface area contributed by atoms with E-state index in [0.29, 0.717) is 35.4 Å². The topological polar surface area (TPSA) is 132 Å². The van der Waals surface area contributed by atoms with Gasteiger partial charge in [0.2, 0.25) is 0 Å². The van der Waals surface area contributed by atoms with E-state index in [-0.39, 0.29) is 23.3 Å². The molecule has 0 aliphatic carbocycles. The molecule has 1 aromatic carbocycles. The van der Waals surface area contributed by atoms with Crippen molar-refractivity contribution in [1.82, 2.24) is 9.78 Å². The van der Waals surface area contributed by atoms with Crippen LogP contribution in [0, 0.1) is 17.2 Å². The highest BCUT2D eigenvalue weighted by Crippen LogP contribution is 2.29. The number of amides is 1. The summed E-state index contributed by atoms with van der Waals surface area (Å²) in [6, 6.07) is 6.90. The number of primary amides is 1. The Morgan fingerprint density at radius 2 is 2.25 bits per heavy atom. The number of esters is 1. The number of halogens is 1. The molecule has 146 valence electrons. The highest BCUT2D eigenvalue weighted by molar-refractivity contribution is 9.10. The molecule has 1 aliphatic heterocycles. The van der Waals surface area contributed by atoms with Gasteiger partial charge in [0.15, 0.2) is 5.82 Å². The minimum absolute atomic E-state index is 0.171. The van der Waals surface area contributed by atoms with Crippen LogP contribution in [0.25, 0.3) is 0 Å². The smallest absolute Gasteiger partial charge is 0.339 e. The molecule has 9 nitrogen and oxygen atoms in total. The van der Waals surface area contributed by atoms with E-state index < -0.39 is 11.9 Å². The third-order valence-corrected chi connectivity index (χ3v) is 5.16. The third-order valence-electron chi connectivity index (χ3n) is 4.46. The second-order valence-corrected chi connectivity index (χ2v) is 7.07. The van der Waals surface area contributed by atoms with Gasteiger partial charge in [0, 0.05) is 23.0 Å². The van der Waals surface area contributed by atoms with Gasteiger partial charge in [-0.15, -0.1) is 0 Å². The van der Waals surface area contributed by atoms with E-state index in [1.165, 1.54) is 18.0 Å². The highest BCUT2D eigenvalue weighted by Gasteiger charge is 2.29. The van der Waals surface area contributed by atoms with Gasteiger partial charge in [0.05, 0.1) is 37.3 Å². The van der Waals surface area contributed by atoms with Crippen LogP contribution < -0.4 is 11.1 Å². The average molecular weight is 448 g/mol. The number of ether oxygens (including phenoxy) is 2. The van der Waals surface area contributed by atoms with Gasteiger partial charge in [0.25, 0.3) is 5.91 Å². The molecule has 1 amide bonds. The van der Waals surface area contributed by atoms with Gasteiger partial charge in [-0.05, 0) is 40.5 Å². The number of aromatic nitrogens is 2. The maximum absolute atomic E-state index is 11.9. The maximum Gasteiger partial charge on any atom is 0.339 e. The largest absolute Gasteiger partial charge is 0.465 e. The first-order valence-corrected chi connectivity index (χ1v) is 9.25. The van der Waals surface area contributed by atoms with Crippen LogP contribution in [-0.2, 0) is 9.47 Å². The molecular formula is C18H18BrN5O4. The fraction of sp³-hybridized carbons (Fsp3) is 0.333. The molecule has 2 aromatic rings. The minimum atomic E-state index is -0.663. The number of carbonyl (C=O) groups is 2. The van der Waals surface area contributed by atoms with E-state index in [2.05, 4.69) is 32.4 Å². The first kappa shape index (κ1) is 19.9. The molecule has 1 fully saturated rings. The molecule has 0 radical (unpaired) electrons. The number of benzene rings is 1. The fourth-order valence-electron chi connectivity index (χ4n) is 2.97. The zero-order chi connectivity index (χ0) is 20.3. The standard InChI is InChI=1S/C18H18BrN5O4/c1-27-18(26)12-6-11(2-3-14(12)19)22-17-13(16(21)25)8-24(23-17)15-9-28-5-4-10(15)7-20/h2-3,6,8,10,15H,4-5,9H2,1H3,(H2,21,25)(H,22,23)/t10-,15+/m0/s1. The molecule has 0 saturated carbocycles. The number of hydrogen-bond donors (Lipinski definition) is 2. The van der Waals surface area contributed by atoms with Crippen molar-refractivity contribution in [3.8, 4) is 6.07 Å². The molecule has 1 aromatic heterocycles. The summed E-state index contributed by atoms with van der Waals surface area (Å²) in [6.07, 6.45) is 2.10. The highest BCUT2D eigenvalue weighted by atomic mass is 79.9. The summed E-state index contributed by atoms with van der Waals surface area (Å²) in [7, 11) is 1.29. The van der Waals surface area contributed by atoms with Crippen molar-refractivity contribution >= 4 is 39.3 Å². The van der Waals surface area contributed by atoms with Crippen LogP contribution in [0.4, 0.5) is 11.5 Å². The van der Waals surface area contributed by atoms with E-state index in [1.54, 1.807) is 18.2 Å². The number of nitrogens with zero attached hydrogens (tertiary/aromatic N) is 3.